The summed E-state index contributed by atoms with van der Waals surface area (Å²) in [6.07, 6.45) is 10.3. The number of rotatable bonds is 4. The van der Waals surface area contributed by atoms with E-state index in [4.69, 9.17) is 16.3 Å². The van der Waals surface area contributed by atoms with Crippen LogP contribution in [0, 0.1) is 17.3 Å². The van der Waals surface area contributed by atoms with E-state index in [-0.39, 0.29) is 29.4 Å². The lowest BCUT2D eigenvalue weighted by Crippen LogP contribution is -2.56. The van der Waals surface area contributed by atoms with Gasteiger partial charge in [0, 0.05) is 10.9 Å². The van der Waals surface area contributed by atoms with Gasteiger partial charge in [-0.1, -0.05) is 12.8 Å². The van der Waals surface area contributed by atoms with Crippen LogP contribution in [0.4, 0.5) is 0 Å². The highest BCUT2D eigenvalue weighted by atomic mass is 35.5. The lowest BCUT2D eigenvalue weighted by atomic mass is 9.49. The summed E-state index contributed by atoms with van der Waals surface area (Å²) in [5, 5.41) is 2.97. The molecule has 0 heterocycles. The Balaban J connectivity index is 1.34. The average molecular weight is 340 g/mol. The number of alkyl halides is 1. The predicted molar refractivity (Wildman–Crippen MR) is 87.1 cm³/mol. The summed E-state index contributed by atoms with van der Waals surface area (Å²) in [5.74, 6) is 0.788. The summed E-state index contributed by atoms with van der Waals surface area (Å²) in [6, 6.07) is 0.270. The van der Waals surface area contributed by atoms with Crippen molar-refractivity contribution in [2.75, 3.05) is 6.61 Å². The molecule has 5 aliphatic rings. The van der Waals surface area contributed by atoms with Crippen LogP contribution in [0.25, 0.3) is 0 Å². The lowest BCUT2D eigenvalue weighted by Gasteiger charge is -2.58. The quantitative estimate of drug-likeness (QED) is 0.632. The molecule has 5 rings (SSSR count). The lowest BCUT2D eigenvalue weighted by molar-refractivity contribution is -0.171. The fourth-order valence-corrected chi connectivity index (χ4v) is 6.71. The molecule has 2 unspecified atom stereocenters. The Morgan fingerprint density at radius 3 is 2.35 bits per heavy atom. The molecule has 1 amide bonds. The van der Waals surface area contributed by atoms with Crippen molar-refractivity contribution in [2.45, 2.75) is 75.1 Å². The molecule has 0 aromatic carbocycles. The van der Waals surface area contributed by atoms with E-state index in [2.05, 4.69) is 5.32 Å². The highest BCUT2D eigenvalue weighted by Crippen LogP contribution is 2.64. The summed E-state index contributed by atoms with van der Waals surface area (Å²) >= 11 is 6.75. The summed E-state index contributed by atoms with van der Waals surface area (Å²) in [6.45, 7) is -0.137. The van der Waals surface area contributed by atoms with Crippen LogP contribution in [0.3, 0.4) is 0 Å². The van der Waals surface area contributed by atoms with Gasteiger partial charge in [-0.2, -0.15) is 0 Å². The maximum Gasteiger partial charge on any atom is 0.312 e. The molecule has 128 valence electrons. The average Bonchev–Trinajstić information content (AvgIpc) is 2.95. The molecule has 0 saturated heterocycles. The van der Waals surface area contributed by atoms with Crippen molar-refractivity contribution in [3.63, 3.8) is 0 Å². The van der Waals surface area contributed by atoms with Gasteiger partial charge in [-0.15, -0.1) is 11.6 Å². The third-order valence-corrected chi connectivity index (χ3v) is 6.92. The normalized spacial score (nSPS) is 42.0. The summed E-state index contributed by atoms with van der Waals surface area (Å²) in [5.41, 5.74) is -0.417. The minimum absolute atomic E-state index is 0.137. The zero-order valence-electron chi connectivity index (χ0n) is 13.6. The van der Waals surface area contributed by atoms with Gasteiger partial charge in [-0.3, -0.25) is 9.59 Å². The first-order valence-electron chi connectivity index (χ1n) is 9.12. The summed E-state index contributed by atoms with van der Waals surface area (Å²) in [4.78, 5) is 24.5. The zero-order valence-corrected chi connectivity index (χ0v) is 14.4. The SMILES string of the molecule is O=C(COC(=O)C12C[C@@H]3C[C@@H](CC(Cl)(C3)C1)C2)NC1CCCC1. The Labute approximate surface area is 142 Å². The number of amides is 1. The monoisotopic (exact) mass is 339 g/mol. The molecule has 5 heteroatoms. The van der Waals surface area contributed by atoms with E-state index in [9.17, 15) is 9.59 Å². The van der Waals surface area contributed by atoms with Crippen LogP contribution >= 0.6 is 11.6 Å². The van der Waals surface area contributed by atoms with Crippen molar-refractivity contribution >= 4 is 23.5 Å². The Morgan fingerprint density at radius 1 is 1.09 bits per heavy atom. The molecule has 4 bridgehead atoms. The predicted octanol–water partition coefficient (Wildman–Crippen LogP) is 3.17. The number of carbonyl (C=O) groups excluding carboxylic acids is 2. The smallest absolute Gasteiger partial charge is 0.312 e. The largest absolute Gasteiger partial charge is 0.455 e. The van der Waals surface area contributed by atoms with Gasteiger partial charge in [-0.25, -0.2) is 0 Å². The highest BCUT2D eigenvalue weighted by molar-refractivity contribution is 6.24. The molecule has 0 aliphatic heterocycles. The van der Waals surface area contributed by atoms with Gasteiger partial charge in [0.1, 0.15) is 0 Å². The van der Waals surface area contributed by atoms with Crippen molar-refractivity contribution in [3.05, 3.63) is 0 Å². The fraction of sp³-hybridized carbons (Fsp3) is 0.889. The van der Waals surface area contributed by atoms with Crippen LogP contribution in [0.2, 0.25) is 0 Å². The Kier molecular flexibility index (Phi) is 3.86. The van der Waals surface area contributed by atoms with Crippen molar-refractivity contribution < 1.29 is 14.3 Å². The first-order valence-corrected chi connectivity index (χ1v) is 9.50. The van der Waals surface area contributed by atoms with Gasteiger partial charge in [0.25, 0.3) is 5.91 Å². The Hall–Kier alpha value is -0.770. The number of carbonyl (C=O) groups is 2. The number of nitrogens with one attached hydrogen (secondary N) is 1. The molecule has 5 aliphatic carbocycles. The van der Waals surface area contributed by atoms with Crippen LogP contribution in [-0.2, 0) is 14.3 Å². The molecule has 0 radical (unpaired) electrons. The second-order valence-electron chi connectivity index (χ2n) is 8.52. The van der Waals surface area contributed by atoms with Crippen molar-refractivity contribution in [1.29, 1.82) is 0 Å². The number of hydrogen-bond acceptors (Lipinski definition) is 3. The summed E-state index contributed by atoms with van der Waals surface area (Å²) in [7, 11) is 0. The minimum Gasteiger partial charge on any atom is -0.455 e. The molecule has 5 saturated carbocycles. The van der Waals surface area contributed by atoms with Crippen LogP contribution < -0.4 is 5.32 Å². The first-order chi connectivity index (χ1) is 11.0. The van der Waals surface area contributed by atoms with Gasteiger partial charge in [0.15, 0.2) is 6.61 Å². The third kappa shape index (κ3) is 2.99. The molecule has 0 aromatic heterocycles. The van der Waals surface area contributed by atoms with Crippen molar-refractivity contribution in [1.82, 2.24) is 5.32 Å². The van der Waals surface area contributed by atoms with E-state index in [1.54, 1.807) is 0 Å². The maximum absolute atomic E-state index is 12.7. The molecule has 23 heavy (non-hydrogen) atoms. The number of esters is 1. The second kappa shape index (κ2) is 5.65. The molecule has 1 N–H and O–H groups in total. The number of hydrogen-bond donors (Lipinski definition) is 1. The van der Waals surface area contributed by atoms with Crippen LogP contribution in [0.15, 0.2) is 0 Å². The van der Waals surface area contributed by atoms with Crippen molar-refractivity contribution in [3.8, 4) is 0 Å². The maximum atomic E-state index is 12.7. The Bertz CT molecular complexity index is 500. The fourth-order valence-electron chi connectivity index (χ4n) is 6.01. The highest BCUT2D eigenvalue weighted by Gasteiger charge is 2.60. The first kappa shape index (κ1) is 15.7. The van der Waals surface area contributed by atoms with Gasteiger partial charge in [0.2, 0.25) is 0 Å². The van der Waals surface area contributed by atoms with E-state index in [0.29, 0.717) is 11.8 Å². The molecular weight excluding hydrogens is 314 g/mol. The van der Waals surface area contributed by atoms with E-state index in [1.165, 1.54) is 19.3 Å². The molecule has 0 aromatic rings. The molecular formula is C18H26ClNO3. The van der Waals surface area contributed by atoms with Crippen LogP contribution in [0.5, 0.6) is 0 Å². The molecule has 4 nitrogen and oxygen atoms in total. The second-order valence-corrected chi connectivity index (χ2v) is 9.32. The molecule has 5 fully saturated rings. The minimum atomic E-state index is -0.417. The van der Waals surface area contributed by atoms with E-state index in [1.807, 2.05) is 0 Å². The van der Waals surface area contributed by atoms with E-state index < -0.39 is 5.41 Å². The molecule has 4 atom stereocenters. The van der Waals surface area contributed by atoms with Gasteiger partial charge >= 0.3 is 5.97 Å². The van der Waals surface area contributed by atoms with E-state index >= 15 is 0 Å². The van der Waals surface area contributed by atoms with Crippen LogP contribution in [-0.4, -0.2) is 29.4 Å². The topological polar surface area (TPSA) is 55.4 Å². The van der Waals surface area contributed by atoms with Gasteiger partial charge < -0.3 is 10.1 Å². The third-order valence-electron chi connectivity index (χ3n) is 6.48. The zero-order chi connectivity index (χ0) is 16.1. The van der Waals surface area contributed by atoms with Gasteiger partial charge in [0.05, 0.1) is 5.41 Å². The number of ether oxygens (including phenoxy) is 1. The van der Waals surface area contributed by atoms with Gasteiger partial charge in [-0.05, 0) is 63.2 Å². The summed E-state index contributed by atoms with van der Waals surface area (Å²) < 4.78 is 5.43. The standard InChI is InChI=1S/C18H26ClNO3/c19-18-8-12-5-13(9-18)7-17(6-12,11-18)16(22)23-10-15(21)20-14-3-1-2-4-14/h12-14H,1-11H2,(H,20,21)/t12-,13+,17?,18?. The number of halogens is 1. The van der Waals surface area contributed by atoms with E-state index in [0.717, 1.165) is 44.9 Å². The van der Waals surface area contributed by atoms with Crippen molar-refractivity contribution in [2.24, 2.45) is 17.3 Å². The Morgan fingerprint density at radius 2 is 1.74 bits per heavy atom. The molecule has 0 spiro atoms. The van der Waals surface area contributed by atoms with Crippen LogP contribution in [0.1, 0.15) is 64.2 Å².